The van der Waals surface area contributed by atoms with E-state index in [-0.39, 0.29) is 12.1 Å². The second-order valence-electron chi connectivity index (χ2n) is 7.53. The third kappa shape index (κ3) is 4.27. The average Bonchev–Trinajstić information content (AvgIpc) is 3.20. The summed E-state index contributed by atoms with van der Waals surface area (Å²) >= 11 is 0. The lowest BCUT2D eigenvalue weighted by Gasteiger charge is -2.17. The Kier molecular flexibility index (Phi) is 5.81. The van der Waals surface area contributed by atoms with Crippen LogP contribution in [0.4, 0.5) is 0 Å². The minimum Gasteiger partial charge on any atom is -0.363 e. The van der Waals surface area contributed by atoms with Crippen LogP contribution in [0.5, 0.6) is 0 Å². The molecule has 160 valence electrons. The molecule has 0 saturated heterocycles. The lowest BCUT2D eigenvalue weighted by Crippen LogP contribution is -2.47. The van der Waals surface area contributed by atoms with Crippen LogP contribution in [0.2, 0.25) is 0 Å². The number of nitrogens with one attached hydrogen (secondary N) is 1. The van der Waals surface area contributed by atoms with Gasteiger partial charge >= 0.3 is 0 Å². The highest BCUT2D eigenvalue weighted by atomic mass is 16.2. The molecule has 0 aliphatic heterocycles. The number of hydrogen-bond donors (Lipinski definition) is 2. The molecule has 7 nitrogen and oxygen atoms in total. The van der Waals surface area contributed by atoms with Crippen LogP contribution < -0.4 is 11.1 Å². The summed E-state index contributed by atoms with van der Waals surface area (Å²) < 4.78 is 1.56. The maximum absolute atomic E-state index is 13.2. The number of ketones is 1. The highest BCUT2D eigenvalue weighted by Crippen LogP contribution is 2.23. The van der Waals surface area contributed by atoms with Gasteiger partial charge in [-0.3, -0.25) is 14.4 Å². The van der Waals surface area contributed by atoms with Gasteiger partial charge in [0.2, 0.25) is 5.78 Å². The fraction of sp³-hybridized carbons (Fsp3) is 0.120. The number of fused-ring (bicyclic) bond motifs is 1. The van der Waals surface area contributed by atoms with Gasteiger partial charge in [0.15, 0.2) is 0 Å². The minimum absolute atomic E-state index is 0.149. The van der Waals surface area contributed by atoms with Crippen molar-refractivity contribution in [2.75, 3.05) is 0 Å². The largest absolute Gasteiger partial charge is 0.363 e. The van der Waals surface area contributed by atoms with Crippen LogP contribution in [-0.2, 0) is 16.0 Å². The Bertz CT molecular complexity index is 1310. The van der Waals surface area contributed by atoms with E-state index < -0.39 is 23.6 Å². The van der Waals surface area contributed by atoms with Gasteiger partial charge in [-0.2, -0.15) is 5.10 Å². The molecule has 1 heterocycles. The number of hydrogen-bond acceptors (Lipinski definition) is 4. The second-order valence-corrected chi connectivity index (χ2v) is 7.53. The number of nitrogens with two attached hydrogens (primary N) is 1. The molecular formula is C25H22N4O3. The number of aromatic nitrogens is 2. The quantitative estimate of drug-likeness (QED) is 0.443. The lowest BCUT2D eigenvalue weighted by atomic mass is 10.0. The summed E-state index contributed by atoms with van der Waals surface area (Å²) in [5.41, 5.74) is 7.67. The minimum atomic E-state index is -1.09. The van der Waals surface area contributed by atoms with E-state index in [0.29, 0.717) is 5.69 Å². The molecule has 0 aliphatic carbocycles. The zero-order valence-electron chi connectivity index (χ0n) is 17.5. The van der Waals surface area contributed by atoms with Crippen molar-refractivity contribution in [3.05, 3.63) is 95.8 Å². The van der Waals surface area contributed by atoms with Crippen LogP contribution >= 0.6 is 0 Å². The molecule has 0 bridgehead atoms. The number of carbonyl (C=O) groups excluding carboxylic acids is 3. The third-order valence-corrected chi connectivity index (χ3v) is 5.21. The van der Waals surface area contributed by atoms with Gasteiger partial charge in [-0.25, -0.2) is 4.68 Å². The first kappa shape index (κ1) is 21.0. The van der Waals surface area contributed by atoms with Crippen molar-refractivity contribution in [1.29, 1.82) is 0 Å². The molecule has 32 heavy (non-hydrogen) atoms. The molecule has 1 aromatic heterocycles. The SMILES string of the molecule is Cc1cc(C(=O)NC(Cc2ccccc2)C(=O)C(N)=O)n(-c2cccc3ccccc23)n1. The molecule has 0 saturated carbocycles. The number of carbonyl (C=O) groups is 3. The number of rotatable bonds is 7. The predicted molar refractivity (Wildman–Crippen MR) is 121 cm³/mol. The fourth-order valence-corrected chi connectivity index (χ4v) is 3.70. The van der Waals surface area contributed by atoms with Crippen LogP contribution in [0.3, 0.4) is 0 Å². The van der Waals surface area contributed by atoms with E-state index in [0.717, 1.165) is 22.0 Å². The van der Waals surface area contributed by atoms with Gasteiger partial charge in [-0.15, -0.1) is 0 Å². The van der Waals surface area contributed by atoms with E-state index in [9.17, 15) is 14.4 Å². The summed E-state index contributed by atoms with van der Waals surface area (Å²) in [6.07, 6.45) is 0.149. The standard InChI is InChI=1S/C25H22N4O3/c1-16-14-22(29(28-16)21-13-7-11-18-10-5-6-12-19(18)21)25(32)27-20(23(30)24(26)31)15-17-8-3-2-4-9-17/h2-14,20H,15H2,1H3,(H2,26,31)(H,27,32). The van der Waals surface area contributed by atoms with Crippen LogP contribution in [0.25, 0.3) is 16.5 Å². The van der Waals surface area contributed by atoms with Gasteiger partial charge in [0.1, 0.15) is 11.7 Å². The van der Waals surface area contributed by atoms with Gasteiger partial charge in [0, 0.05) is 11.8 Å². The Balaban J connectivity index is 1.70. The first-order chi connectivity index (χ1) is 15.4. The molecule has 0 radical (unpaired) electrons. The first-order valence-corrected chi connectivity index (χ1v) is 10.2. The molecule has 0 spiro atoms. The Hall–Kier alpha value is -4.26. The van der Waals surface area contributed by atoms with Gasteiger partial charge in [0.05, 0.1) is 11.4 Å². The maximum atomic E-state index is 13.2. The average molecular weight is 426 g/mol. The zero-order chi connectivity index (χ0) is 22.7. The number of primary amides is 1. The number of aryl methyl sites for hydroxylation is 1. The third-order valence-electron chi connectivity index (χ3n) is 5.21. The van der Waals surface area contributed by atoms with Crippen LogP contribution in [-0.4, -0.2) is 33.4 Å². The molecule has 3 N–H and O–H groups in total. The van der Waals surface area contributed by atoms with Gasteiger partial charge < -0.3 is 11.1 Å². The molecule has 1 unspecified atom stereocenters. The molecular weight excluding hydrogens is 404 g/mol. The van der Waals surface area contributed by atoms with E-state index in [1.54, 1.807) is 17.7 Å². The van der Waals surface area contributed by atoms with E-state index in [1.165, 1.54) is 0 Å². The maximum Gasteiger partial charge on any atom is 0.287 e. The summed E-state index contributed by atoms with van der Waals surface area (Å²) in [6, 6.07) is 23.2. The van der Waals surface area contributed by atoms with Crippen LogP contribution in [0.15, 0.2) is 78.9 Å². The van der Waals surface area contributed by atoms with Crippen molar-refractivity contribution >= 4 is 28.4 Å². The van der Waals surface area contributed by atoms with E-state index in [4.69, 9.17) is 5.73 Å². The molecule has 3 aromatic carbocycles. The highest BCUT2D eigenvalue weighted by Gasteiger charge is 2.27. The number of benzene rings is 3. The monoisotopic (exact) mass is 426 g/mol. The summed E-state index contributed by atoms with van der Waals surface area (Å²) in [6.45, 7) is 1.79. The molecule has 7 heteroatoms. The summed E-state index contributed by atoms with van der Waals surface area (Å²) in [5.74, 6) is -2.46. The molecule has 0 fully saturated rings. The van der Waals surface area contributed by atoms with E-state index in [1.807, 2.05) is 72.8 Å². The van der Waals surface area contributed by atoms with Gasteiger partial charge in [-0.05, 0) is 30.0 Å². The smallest absolute Gasteiger partial charge is 0.287 e. The van der Waals surface area contributed by atoms with Gasteiger partial charge in [0.25, 0.3) is 11.8 Å². The van der Waals surface area contributed by atoms with Crippen molar-refractivity contribution in [1.82, 2.24) is 15.1 Å². The molecule has 0 aliphatic rings. The predicted octanol–water partition coefficient (Wildman–Crippen LogP) is 2.73. The second kappa shape index (κ2) is 8.85. The normalized spacial score (nSPS) is 11.8. The topological polar surface area (TPSA) is 107 Å². The van der Waals surface area contributed by atoms with Crippen molar-refractivity contribution < 1.29 is 14.4 Å². The lowest BCUT2D eigenvalue weighted by molar-refractivity contribution is -0.137. The van der Waals surface area contributed by atoms with Crippen molar-refractivity contribution in [2.24, 2.45) is 5.73 Å². The van der Waals surface area contributed by atoms with E-state index >= 15 is 0 Å². The first-order valence-electron chi connectivity index (χ1n) is 10.2. The zero-order valence-corrected chi connectivity index (χ0v) is 17.5. The van der Waals surface area contributed by atoms with Crippen molar-refractivity contribution in [2.45, 2.75) is 19.4 Å². The van der Waals surface area contributed by atoms with Crippen molar-refractivity contribution in [3.8, 4) is 5.69 Å². The number of amides is 2. The Morgan fingerprint density at radius 2 is 1.66 bits per heavy atom. The highest BCUT2D eigenvalue weighted by molar-refractivity contribution is 6.38. The molecule has 2 amide bonds. The summed E-state index contributed by atoms with van der Waals surface area (Å²) in [4.78, 5) is 37.3. The number of Topliss-reactive ketones (excluding diaryl/α,β-unsaturated/α-hetero) is 1. The molecule has 1 atom stereocenters. The Labute approximate surface area is 184 Å². The fourth-order valence-electron chi connectivity index (χ4n) is 3.70. The van der Waals surface area contributed by atoms with Gasteiger partial charge in [-0.1, -0.05) is 66.7 Å². The van der Waals surface area contributed by atoms with Crippen LogP contribution in [0, 0.1) is 6.92 Å². The molecule has 4 aromatic rings. The summed E-state index contributed by atoms with van der Waals surface area (Å²) in [7, 11) is 0. The Morgan fingerprint density at radius 1 is 0.969 bits per heavy atom. The van der Waals surface area contributed by atoms with Crippen molar-refractivity contribution in [3.63, 3.8) is 0 Å². The van der Waals surface area contributed by atoms with E-state index in [2.05, 4.69) is 10.4 Å². The molecule has 4 rings (SSSR count). The number of nitrogens with zero attached hydrogens (tertiary/aromatic N) is 2. The summed E-state index contributed by atoms with van der Waals surface area (Å²) in [5, 5.41) is 9.13. The Morgan fingerprint density at radius 3 is 2.41 bits per heavy atom. The van der Waals surface area contributed by atoms with Crippen LogP contribution in [0.1, 0.15) is 21.7 Å².